The minimum Gasteiger partial charge on any atom is -0.379 e. The maximum Gasteiger partial charge on any atom is 0.261 e. The maximum absolute atomic E-state index is 12.6. The predicted molar refractivity (Wildman–Crippen MR) is 138 cm³/mol. The van der Waals surface area contributed by atoms with Crippen molar-refractivity contribution in [1.29, 1.82) is 0 Å². The van der Waals surface area contributed by atoms with Gasteiger partial charge in [0.1, 0.15) is 0 Å². The number of benzene rings is 3. The van der Waals surface area contributed by atoms with E-state index in [4.69, 9.17) is 16.3 Å². The van der Waals surface area contributed by atoms with Crippen LogP contribution >= 0.6 is 11.6 Å². The average molecular weight is 550 g/mol. The van der Waals surface area contributed by atoms with E-state index in [1.807, 2.05) is 0 Å². The predicted octanol–water partition coefficient (Wildman–Crippen LogP) is 3.56. The van der Waals surface area contributed by atoms with E-state index in [9.17, 15) is 21.6 Å². The number of carbonyl (C=O) groups excluding carboxylic acids is 1. The molecule has 0 unspecified atom stereocenters. The highest BCUT2D eigenvalue weighted by molar-refractivity contribution is 7.92. The Morgan fingerprint density at radius 3 is 2.03 bits per heavy atom. The Balaban J connectivity index is 1.37. The van der Waals surface area contributed by atoms with E-state index in [0.717, 1.165) is 0 Å². The Bertz CT molecular complexity index is 1420. The van der Waals surface area contributed by atoms with Gasteiger partial charge < -0.3 is 10.1 Å². The molecule has 0 aromatic heterocycles. The van der Waals surface area contributed by atoms with Crippen LogP contribution in [-0.4, -0.2) is 53.4 Å². The van der Waals surface area contributed by atoms with Crippen molar-refractivity contribution in [3.8, 4) is 0 Å². The van der Waals surface area contributed by atoms with Crippen LogP contribution in [0.2, 0.25) is 5.02 Å². The Kier molecular flexibility index (Phi) is 7.96. The van der Waals surface area contributed by atoms with Gasteiger partial charge in [0.05, 0.1) is 23.9 Å². The van der Waals surface area contributed by atoms with Gasteiger partial charge in [-0.2, -0.15) is 4.31 Å². The highest BCUT2D eigenvalue weighted by Crippen LogP contribution is 2.21. The molecule has 3 aromatic rings. The normalized spacial score (nSPS) is 14.8. The second kappa shape index (κ2) is 11.0. The molecule has 0 radical (unpaired) electrons. The highest BCUT2D eigenvalue weighted by atomic mass is 35.5. The molecule has 0 saturated carbocycles. The first-order valence-electron chi connectivity index (χ1n) is 11.0. The Labute approximate surface area is 215 Å². The number of morpholine rings is 1. The molecule has 1 fully saturated rings. The fourth-order valence-electron chi connectivity index (χ4n) is 3.53. The molecule has 4 rings (SSSR count). The minimum atomic E-state index is -3.82. The number of nitrogens with one attached hydrogen (secondary N) is 2. The molecular weight excluding hydrogens is 526 g/mol. The summed E-state index contributed by atoms with van der Waals surface area (Å²) in [5.41, 5.74) is 1.69. The molecule has 1 heterocycles. The highest BCUT2D eigenvalue weighted by Gasteiger charge is 2.24. The fraction of sp³-hybridized carbons (Fsp3) is 0.208. The molecule has 36 heavy (non-hydrogen) atoms. The summed E-state index contributed by atoms with van der Waals surface area (Å²) < 4.78 is 59.4. The SMILES string of the molecule is O=C(Nc1ccc(S(=O)(=O)Nc2ccc(Cl)cc2)cc1)c1ccc(CS(=O)(=O)N2CCOCC2)cc1. The number of anilines is 2. The summed E-state index contributed by atoms with van der Waals surface area (Å²) in [5.74, 6) is -0.568. The van der Waals surface area contributed by atoms with Crippen molar-refractivity contribution in [2.45, 2.75) is 10.6 Å². The molecule has 0 atom stereocenters. The fourth-order valence-corrected chi connectivity index (χ4v) is 6.22. The van der Waals surface area contributed by atoms with Gasteiger partial charge in [0, 0.05) is 35.1 Å². The van der Waals surface area contributed by atoms with Crippen molar-refractivity contribution in [2.75, 3.05) is 36.3 Å². The summed E-state index contributed by atoms with van der Waals surface area (Å²) in [4.78, 5) is 12.6. The minimum absolute atomic E-state index is 0.0290. The summed E-state index contributed by atoms with van der Waals surface area (Å²) in [5, 5.41) is 3.19. The zero-order chi connectivity index (χ0) is 25.8. The number of hydrogen-bond donors (Lipinski definition) is 2. The largest absolute Gasteiger partial charge is 0.379 e. The summed E-state index contributed by atoms with van der Waals surface area (Å²) >= 11 is 5.82. The van der Waals surface area contributed by atoms with Crippen LogP contribution in [0, 0.1) is 0 Å². The average Bonchev–Trinajstić information content (AvgIpc) is 2.86. The molecule has 190 valence electrons. The number of halogens is 1. The number of carbonyl (C=O) groups is 1. The van der Waals surface area contributed by atoms with E-state index in [1.165, 1.54) is 28.6 Å². The van der Waals surface area contributed by atoms with Crippen molar-refractivity contribution in [3.05, 3.63) is 88.9 Å². The number of sulfonamides is 2. The van der Waals surface area contributed by atoms with Gasteiger partial charge in [0.2, 0.25) is 10.0 Å². The zero-order valence-corrected chi connectivity index (χ0v) is 21.4. The zero-order valence-electron chi connectivity index (χ0n) is 19.1. The number of ether oxygens (including phenoxy) is 1. The third kappa shape index (κ3) is 6.62. The molecule has 12 heteroatoms. The summed E-state index contributed by atoms with van der Waals surface area (Å²) in [6, 6.07) is 18.3. The molecule has 1 aliphatic rings. The standard InChI is InChI=1S/C24H24ClN3O6S2/c25-20-5-7-22(8-6-20)27-36(32,33)23-11-9-21(10-12-23)26-24(29)19-3-1-18(2-4-19)17-35(30,31)28-13-15-34-16-14-28/h1-12,27H,13-17H2,(H,26,29). The monoisotopic (exact) mass is 549 g/mol. The molecule has 0 spiro atoms. The molecule has 0 aliphatic carbocycles. The van der Waals surface area contributed by atoms with Gasteiger partial charge in [-0.25, -0.2) is 16.8 Å². The molecule has 1 amide bonds. The van der Waals surface area contributed by atoms with Crippen LogP contribution in [0.15, 0.2) is 77.7 Å². The second-order valence-electron chi connectivity index (χ2n) is 8.06. The van der Waals surface area contributed by atoms with E-state index in [-0.39, 0.29) is 10.6 Å². The van der Waals surface area contributed by atoms with Crippen molar-refractivity contribution in [2.24, 2.45) is 0 Å². The van der Waals surface area contributed by atoms with Crippen LogP contribution in [0.5, 0.6) is 0 Å². The summed E-state index contributed by atoms with van der Waals surface area (Å²) in [7, 11) is -7.28. The lowest BCUT2D eigenvalue weighted by molar-refractivity contribution is 0.0729. The lowest BCUT2D eigenvalue weighted by atomic mass is 10.1. The van der Waals surface area contributed by atoms with Gasteiger partial charge in [-0.3, -0.25) is 9.52 Å². The number of nitrogens with zero attached hydrogens (tertiary/aromatic N) is 1. The lowest BCUT2D eigenvalue weighted by Crippen LogP contribution is -2.41. The van der Waals surface area contributed by atoms with Crippen LogP contribution in [-0.2, 0) is 30.5 Å². The Morgan fingerprint density at radius 1 is 0.833 bits per heavy atom. The van der Waals surface area contributed by atoms with Crippen molar-refractivity contribution in [1.82, 2.24) is 4.31 Å². The Hall–Kier alpha value is -2.96. The molecule has 1 saturated heterocycles. The summed E-state index contributed by atoms with van der Waals surface area (Å²) in [6.45, 7) is 1.43. The van der Waals surface area contributed by atoms with Gasteiger partial charge in [-0.15, -0.1) is 0 Å². The van der Waals surface area contributed by atoms with Gasteiger partial charge >= 0.3 is 0 Å². The van der Waals surface area contributed by atoms with Gasteiger partial charge in [-0.1, -0.05) is 23.7 Å². The third-order valence-corrected chi connectivity index (χ3v) is 8.95. The number of rotatable bonds is 8. The molecule has 1 aliphatic heterocycles. The maximum atomic E-state index is 12.6. The number of amides is 1. The molecular formula is C24H24ClN3O6S2. The van der Waals surface area contributed by atoms with Crippen LogP contribution in [0.25, 0.3) is 0 Å². The van der Waals surface area contributed by atoms with E-state index in [2.05, 4.69) is 10.0 Å². The van der Waals surface area contributed by atoms with Crippen LogP contribution in [0.4, 0.5) is 11.4 Å². The first-order chi connectivity index (χ1) is 17.1. The van der Waals surface area contributed by atoms with Crippen LogP contribution < -0.4 is 10.0 Å². The Morgan fingerprint density at radius 2 is 1.42 bits per heavy atom. The van der Waals surface area contributed by atoms with Gasteiger partial charge in [-0.05, 0) is 66.2 Å². The van der Waals surface area contributed by atoms with E-state index in [1.54, 1.807) is 48.5 Å². The van der Waals surface area contributed by atoms with Crippen molar-refractivity contribution in [3.63, 3.8) is 0 Å². The van der Waals surface area contributed by atoms with Crippen LogP contribution in [0.1, 0.15) is 15.9 Å². The second-order valence-corrected chi connectivity index (χ2v) is 12.1. The molecule has 9 nitrogen and oxygen atoms in total. The van der Waals surface area contributed by atoms with E-state index in [0.29, 0.717) is 53.8 Å². The molecule has 0 bridgehead atoms. The third-order valence-electron chi connectivity index (χ3n) is 5.45. The van der Waals surface area contributed by atoms with Crippen molar-refractivity contribution >= 4 is 48.9 Å². The number of hydrogen-bond acceptors (Lipinski definition) is 6. The molecule has 3 aromatic carbocycles. The molecule has 2 N–H and O–H groups in total. The van der Waals surface area contributed by atoms with E-state index < -0.39 is 26.0 Å². The topological polar surface area (TPSA) is 122 Å². The first kappa shape index (κ1) is 26.1. The van der Waals surface area contributed by atoms with Gasteiger partial charge in [0.15, 0.2) is 0 Å². The van der Waals surface area contributed by atoms with Gasteiger partial charge in [0.25, 0.3) is 15.9 Å². The first-order valence-corrected chi connectivity index (χ1v) is 14.4. The quantitative estimate of drug-likeness (QED) is 0.443. The van der Waals surface area contributed by atoms with Crippen molar-refractivity contribution < 1.29 is 26.4 Å². The lowest BCUT2D eigenvalue weighted by Gasteiger charge is -2.26. The summed E-state index contributed by atoms with van der Waals surface area (Å²) in [6.07, 6.45) is 0. The van der Waals surface area contributed by atoms with Crippen LogP contribution in [0.3, 0.4) is 0 Å². The smallest absolute Gasteiger partial charge is 0.261 e. The van der Waals surface area contributed by atoms with E-state index >= 15 is 0 Å².